The van der Waals surface area contributed by atoms with E-state index in [9.17, 15) is 23.1 Å². The van der Waals surface area contributed by atoms with E-state index >= 15 is 0 Å². The first-order valence-corrected chi connectivity index (χ1v) is 13.5. The fourth-order valence-corrected chi connectivity index (χ4v) is 6.73. The Kier molecular flexibility index (Phi) is 6.78. The molecule has 2 aromatic carbocycles. The molecular weight excluding hydrogens is 557 g/mol. The summed E-state index contributed by atoms with van der Waals surface area (Å²) in [5, 5.41) is 10.9. The number of rotatable bonds is 5. The minimum atomic E-state index is -3.71. The van der Waals surface area contributed by atoms with Crippen molar-refractivity contribution < 1.29 is 23.1 Å². The third-order valence-corrected chi connectivity index (χ3v) is 8.93. The van der Waals surface area contributed by atoms with Crippen LogP contribution in [0.2, 0.25) is 0 Å². The number of piperidine rings is 1. The highest BCUT2D eigenvalue weighted by Gasteiger charge is 2.37. The first-order valence-electron chi connectivity index (χ1n) is 10.6. The van der Waals surface area contributed by atoms with Gasteiger partial charge in [0, 0.05) is 24.2 Å². The topological polar surface area (TPSA) is 121 Å². The second-order valence-corrected chi connectivity index (χ2v) is 11.3. The van der Waals surface area contributed by atoms with E-state index in [2.05, 4.69) is 0 Å². The number of likely N-dealkylation sites (tertiary alicyclic amines) is 1. The van der Waals surface area contributed by atoms with Gasteiger partial charge in [-0.1, -0.05) is 40.8 Å². The van der Waals surface area contributed by atoms with Crippen LogP contribution in [0.25, 0.3) is 5.70 Å². The maximum absolute atomic E-state index is 12.9. The van der Waals surface area contributed by atoms with Gasteiger partial charge in [-0.25, -0.2) is 14.3 Å². The van der Waals surface area contributed by atoms with Gasteiger partial charge in [0.05, 0.1) is 22.0 Å². The lowest BCUT2D eigenvalue weighted by molar-refractivity contribution is -0.135. The highest BCUT2D eigenvalue weighted by Crippen LogP contribution is 2.39. The van der Waals surface area contributed by atoms with Gasteiger partial charge in [-0.3, -0.25) is 14.6 Å². The van der Waals surface area contributed by atoms with Gasteiger partial charge in [-0.2, -0.15) is 0 Å². The number of hydrogen-bond acceptors (Lipinski definition) is 6. The lowest BCUT2D eigenvalue weighted by Gasteiger charge is -2.31. The van der Waals surface area contributed by atoms with Crippen LogP contribution < -0.4 is 10.9 Å². The molecule has 4 rings (SSSR count). The Morgan fingerprint density at radius 3 is 2.30 bits per heavy atom. The van der Waals surface area contributed by atoms with E-state index in [1.54, 1.807) is 65.1 Å². The maximum Gasteiger partial charge on any atom is 0.320 e. The van der Waals surface area contributed by atoms with E-state index in [-0.39, 0.29) is 16.4 Å². The van der Waals surface area contributed by atoms with Crippen LogP contribution in [0.1, 0.15) is 35.2 Å². The van der Waals surface area contributed by atoms with Crippen LogP contribution in [0, 0.1) is 0 Å². The van der Waals surface area contributed by atoms with Crippen LogP contribution in [0.5, 0.6) is 0 Å². The van der Waals surface area contributed by atoms with Gasteiger partial charge in [-0.05, 0) is 55.2 Å². The van der Waals surface area contributed by atoms with Crippen LogP contribution in [-0.2, 0) is 14.6 Å². The minimum absolute atomic E-state index is 0.0305. The molecule has 2 aliphatic heterocycles. The van der Waals surface area contributed by atoms with E-state index in [0.29, 0.717) is 22.5 Å². The van der Waals surface area contributed by atoms with Crippen molar-refractivity contribution in [3.8, 4) is 0 Å². The van der Waals surface area contributed by atoms with Gasteiger partial charge in [0.15, 0.2) is 9.84 Å². The number of fused-ring (bicyclic) bond motifs is 1. The number of hydrazine groups is 1. The number of anilines is 1. The molecule has 0 aliphatic carbocycles. The molecule has 1 unspecified atom stereocenters. The van der Waals surface area contributed by atoms with Gasteiger partial charge < -0.3 is 10.0 Å². The van der Waals surface area contributed by atoms with Crippen LogP contribution in [0.3, 0.4) is 0 Å². The smallest absolute Gasteiger partial charge is 0.320 e. The van der Waals surface area contributed by atoms with E-state index in [4.69, 9.17) is 5.84 Å². The standard InChI is InChI=1S/C23H24IN3O5S/c24-20(23(29)30)18-14-33(31,32)19-7-3-2-6-17(19)21(18)27(25)16-10-8-15(9-11-16)22(28)26-12-4-1-5-13-26/h2-3,6-11,20H,1,4-5,12-14,25H2,(H,29,30). The summed E-state index contributed by atoms with van der Waals surface area (Å²) in [6.07, 6.45) is 3.13. The van der Waals surface area contributed by atoms with Crippen molar-refractivity contribution in [2.24, 2.45) is 5.84 Å². The quantitative estimate of drug-likeness (QED) is 0.241. The molecule has 0 saturated carbocycles. The van der Waals surface area contributed by atoms with Gasteiger partial charge in [0.1, 0.15) is 3.92 Å². The molecular formula is C23H24IN3O5S. The monoisotopic (exact) mass is 581 g/mol. The molecule has 174 valence electrons. The summed E-state index contributed by atoms with van der Waals surface area (Å²) in [7, 11) is -3.71. The minimum Gasteiger partial charge on any atom is -0.480 e. The highest BCUT2D eigenvalue weighted by atomic mass is 127. The number of benzene rings is 2. The van der Waals surface area contributed by atoms with Crippen LogP contribution in [0.4, 0.5) is 5.69 Å². The Hall–Kier alpha value is -2.44. The van der Waals surface area contributed by atoms with Crippen LogP contribution in [0.15, 0.2) is 59.0 Å². The lowest BCUT2D eigenvalue weighted by atomic mass is 10.0. The number of alkyl halides is 1. The molecule has 2 aliphatic rings. The number of nitrogens with zero attached hydrogens (tertiary/aromatic N) is 2. The Morgan fingerprint density at radius 1 is 1.03 bits per heavy atom. The van der Waals surface area contributed by atoms with E-state index < -0.39 is 25.5 Å². The van der Waals surface area contributed by atoms with Crippen molar-refractivity contribution >= 4 is 55.7 Å². The zero-order valence-corrected chi connectivity index (χ0v) is 20.8. The zero-order chi connectivity index (χ0) is 23.8. The summed E-state index contributed by atoms with van der Waals surface area (Å²) < 4.78 is 24.6. The molecule has 10 heteroatoms. The van der Waals surface area contributed by atoms with Crippen molar-refractivity contribution in [2.45, 2.75) is 28.1 Å². The number of carbonyl (C=O) groups is 2. The van der Waals surface area contributed by atoms with Crippen molar-refractivity contribution in [3.05, 3.63) is 65.2 Å². The molecule has 0 spiro atoms. The largest absolute Gasteiger partial charge is 0.480 e. The van der Waals surface area contributed by atoms with Crippen LogP contribution >= 0.6 is 22.6 Å². The molecule has 8 nitrogen and oxygen atoms in total. The number of carbonyl (C=O) groups excluding carboxylic acids is 1. The van der Waals surface area contributed by atoms with E-state index in [0.717, 1.165) is 32.4 Å². The van der Waals surface area contributed by atoms with E-state index in [1.165, 1.54) is 11.1 Å². The third kappa shape index (κ3) is 4.64. The van der Waals surface area contributed by atoms with Gasteiger partial charge >= 0.3 is 5.97 Å². The van der Waals surface area contributed by atoms with Crippen molar-refractivity contribution in [3.63, 3.8) is 0 Å². The second-order valence-electron chi connectivity index (χ2n) is 8.10. The number of sulfone groups is 1. The SMILES string of the molecule is NN(C1=C(C(I)C(=O)O)CS(=O)(=O)c2ccccc21)c1ccc(C(=O)N2CCCCC2)cc1. The molecule has 1 atom stereocenters. The Morgan fingerprint density at radius 2 is 1.67 bits per heavy atom. The number of amides is 1. The molecule has 0 radical (unpaired) electrons. The molecule has 0 aromatic heterocycles. The summed E-state index contributed by atoms with van der Waals surface area (Å²) in [4.78, 5) is 26.5. The normalized spacial score (nSPS) is 18.4. The Balaban J connectivity index is 1.73. The fraction of sp³-hybridized carbons (Fsp3) is 0.304. The highest BCUT2D eigenvalue weighted by molar-refractivity contribution is 14.1. The molecule has 1 amide bonds. The molecule has 0 bridgehead atoms. The summed E-state index contributed by atoms with van der Waals surface area (Å²) in [6.45, 7) is 1.49. The zero-order valence-electron chi connectivity index (χ0n) is 17.8. The van der Waals surface area contributed by atoms with Gasteiger partial charge in [0.25, 0.3) is 5.91 Å². The molecule has 2 aromatic rings. The number of hydrogen-bond donors (Lipinski definition) is 2. The number of carboxylic acid groups (broad SMARTS) is 1. The molecule has 1 saturated heterocycles. The predicted octanol–water partition coefficient (Wildman–Crippen LogP) is 3.08. The number of aliphatic carboxylic acids is 1. The average Bonchev–Trinajstić information content (AvgIpc) is 2.83. The second kappa shape index (κ2) is 9.43. The third-order valence-electron chi connectivity index (χ3n) is 5.93. The summed E-state index contributed by atoms with van der Waals surface area (Å²) in [5.41, 5.74) is 1.97. The average molecular weight is 581 g/mol. The summed E-state index contributed by atoms with van der Waals surface area (Å²) >= 11 is 1.72. The summed E-state index contributed by atoms with van der Waals surface area (Å²) in [6, 6.07) is 13.2. The van der Waals surface area contributed by atoms with Gasteiger partial charge in [-0.15, -0.1) is 0 Å². The first-order chi connectivity index (χ1) is 15.7. The first kappa shape index (κ1) is 23.7. The molecule has 3 N–H and O–H groups in total. The summed E-state index contributed by atoms with van der Waals surface area (Å²) in [5.74, 6) is 4.85. The van der Waals surface area contributed by atoms with Crippen molar-refractivity contribution in [1.82, 2.24) is 4.90 Å². The van der Waals surface area contributed by atoms with E-state index in [1.807, 2.05) is 4.90 Å². The predicted molar refractivity (Wildman–Crippen MR) is 134 cm³/mol. The molecule has 33 heavy (non-hydrogen) atoms. The Labute approximate surface area is 206 Å². The maximum atomic E-state index is 12.9. The number of nitrogens with two attached hydrogens (primary N) is 1. The number of halogens is 1. The molecule has 2 heterocycles. The van der Waals surface area contributed by atoms with Crippen molar-refractivity contribution in [1.29, 1.82) is 0 Å². The van der Waals surface area contributed by atoms with Gasteiger partial charge in [0.2, 0.25) is 0 Å². The fourth-order valence-electron chi connectivity index (χ4n) is 4.26. The number of carboxylic acids is 1. The van der Waals surface area contributed by atoms with Crippen LogP contribution in [-0.4, -0.2) is 53.1 Å². The van der Waals surface area contributed by atoms with Crippen molar-refractivity contribution in [2.75, 3.05) is 23.9 Å². The lowest BCUT2D eigenvalue weighted by Crippen LogP contribution is -2.37. The molecule has 1 fully saturated rings. The Bertz CT molecular complexity index is 1220.